The fraction of sp³-hybridized carbons (Fsp3) is 0.389. The van der Waals surface area contributed by atoms with Crippen LogP contribution in [0.1, 0.15) is 30.9 Å². The Morgan fingerprint density at radius 2 is 2.08 bits per heavy atom. The fourth-order valence-corrected chi connectivity index (χ4v) is 2.95. The lowest BCUT2D eigenvalue weighted by Crippen LogP contribution is -2.38. The minimum absolute atomic E-state index is 0.0361. The molecule has 1 atom stereocenters. The Morgan fingerprint density at radius 3 is 2.75 bits per heavy atom. The molecule has 1 fully saturated rings. The van der Waals surface area contributed by atoms with E-state index in [4.69, 9.17) is 0 Å². The maximum absolute atomic E-state index is 12.3. The van der Waals surface area contributed by atoms with Crippen LogP contribution in [-0.2, 0) is 16.1 Å². The molecule has 6 heteroatoms. The van der Waals surface area contributed by atoms with E-state index in [1.807, 2.05) is 47.5 Å². The molecule has 1 aromatic carbocycles. The Morgan fingerprint density at radius 1 is 1.25 bits per heavy atom. The Bertz CT molecular complexity index is 670. The average molecular weight is 326 g/mol. The predicted octanol–water partition coefficient (Wildman–Crippen LogP) is 1.75. The topological polar surface area (TPSA) is 67.2 Å². The van der Waals surface area contributed by atoms with Gasteiger partial charge in [0, 0.05) is 44.9 Å². The summed E-state index contributed by atoms with van der Waals surface area (Å²) in [6.07, 6.45) is 5.40. The van der Waals surface area contributed by atoms with Gasteiger partial charge in [0.1, 0.15) is 0 Å². The number of nitrogens with one attached hydrogen (secondary N) is 1. The van der Waals surface area contributed by atoms with Crippen molar-refractivity contribution in [2.45, 2.75) is 31.8 Å². The molecule has 0 aliphatic carbocycles. The molecule has 2 aromatic rings. The number of rotatable bonds is 7. The zero-order valence-corrected chi connectivity index (χ0v) is 13.6. The molecule has 1 aromatic heterocycles. The van der Waals surface area contributed by atoms with Crippen LogP contribution >= 0.6 is 0 Å². The van der Waals surface area contributed by atoms with Gasteiger partial charge >= 0.3 is 0 Å². The van der Waals surface area contributed by atoms with Gasteiger partial charge in [0.05, 0.1) is 6.04 Å². The molecule has 0 radical (unpaired) electrons. The van der Waals surface area contributed by atoms with Gasteiger partial charge in [0.2, 0.25) is 11.8 Å². The van der Waals surface area contributed by atoms with Gasteiger partial charge in [0.15, 0.2) is 0 Å². The van der Waals surface area contributed by atoms with Gasteiger partial charge in [-0.15, -0.1) is 0 Å². The zero-order chi connectivity index (χ0) is 16.8. The van der Waals surface area contributed by atoms with Gasteiger partial charge in [-0.2, -0.15) is 5.10 Å². The highest BCUT2D eigenvalue weighted by molar-refractivity contribution is 5.79. The van der Waals surface area contributed by atoms with E-state index in [2.05, 4.69) is 10.4 Å². The first-order valence-electron chi connectivity index (χ1n) is 8.32. The van der Waals surface area contributed by atoms with Crippen LogP contribution in [0.5, 0.6) is 0 Å². The number of carbonyl (C=O) groups excluding carboxylic acids is 2. The summed E-state index contributed by atoms with van der Waals surface area (Å²) in [6, 6.07) is 11.5. The summed E-state index contributed by atoms with van der Waals surface area (Å²) in [7, 11) is 0. The van der Waals surface area contributed by atoms with Crippen molar-refractivity contribution in [3.05, 3.63) is 54.4 Å². The van der Waals surface area contributed by atoms with E-state index in [0.717, 1.165) is 18.5 Å². The first-order valence-corrected chi connectivity index (χ1v) is 8.32. The molecular weight excluding hydrogens is 304 g/mol. The number of hydrogen-bond acceptors (Lipinski definition) is 3. The maximum atomic E-state index is 12.3. The van der Waals surface area contributed by atoms with Crippen LogP contribution in [0.4, 0.5) is 0 Å². The van der Waals surface area contributed by atoms with Gasteiger partial charge in [-0.25, -0.2) is 0 Å². The predicted molar refractivity (Wildman–Crippen MR) is 90.0 cm³/mol. The van der Waals surface area contributed by atoms with Crippen molar-refractivity contribution in [1.82, 2.24) is 20.0 Å². The largest absolute Gasteiger partial charge is 0.347 e. The highest BCUT2D eigenvalue weighted by Crippen LogP contribution is 2.18. The van der Waals surface area contributed by atoms with Crippen LogP contribution in [0, 0.1) is 0 Å². The molecule has 126 valence electrons. The number of nitrogens with zero attached hydrogens (tertiary/aromatic N) is 3. The second-order valence-corrected chi connectivity index (χ2v) is 5.99. The molecule has 0 bridgehead atoms. The third-order valence-electron chi connectivity index (χ3n) is 4.24. The highest BCUT2D eigenvalue weighted by atomic mass is 16.2. The molecular formula is C18H22N4O2. The molecule has 1 N–H and O–H groups in total. The Balaban J connectivity index is 1.63. The van der Waals surface area contributed by atoms with Crippen molar-refractivity contribution in [3.8, 4) is 0 Å². The zero-order valence-electron chi connectivity index (χ0n) is 13.6. The lowest BCUT2D eigenvalue weighted by molar-refractivity contribution is -0.129. The maximum Gasteiger partial charge on any atom is 0.222 e. The third kappa shape index (κ3) is 4.22. The van der Waals surface area contributed by atoms with Crippen LogP contribution < -0.4 is 5.32 Å². The number of aromatic nitrogens is 2. The highest BCUT2D eigenvalue weighted by Gasteiger charge is 2.25. The summed E-state index contributed by atoms with van der Waals surface area (Å²) in [5, 5.41) is 7.17. The van der Waals surface area contributed by atoms with Gasteiger partial charge in [-0.05, 0) is 18.1 Å². The molecule has 3 rings (SSSR count). The van der Waals surface area contributed by atoms with E-state index in [9.17, 15) is 9.59 Å². The van der Waals surface area contributed by atoms with Gasteiger partial charge in [-0.3, -0.25) is 14.3 Å². The van der Waals surface area contributed by atoms with Crippen molar-refractivity contribution in [2.24, 2.45) is 0 Å². The number of aryl methyl sites for hydroxylation is 1. The van der Waals surface area contributed by atoms with Crippen molar-refractivity contribution < 1.29 is 9.59 Å². The van der Waals surface area contributed by atoms with E-state index in [1.165, 1.54) is 0 Å². The Hall–Kier alpha value is -2.63. The van der Waals surface area contributed by atoms with E-state index >= 15 is 0 Å². The van der Waals surface area contributed by atoms with Crippen LogP contribution in [0.2, 0.25) is 0 Å². The third-order valence-corrected chi connectivity index (χ3v) is 4.24. The average Bonchev–Trinajstić information content (AvgIpc) is 3.25. The molecule has 0 spiro atoms. The van der Waals surface area contributed by atoms with Crippen molar-refractivity contribution in [2.75, 3.05) is 13.1 Å². The standard InChI is InChI=1S/C18H22N4O2/c23-17(9-13-22-12-5-10-19-22)20-16(15-6-2-1-3-7-15)14-21-11-4-8-18(21)24/h1-3,5-7,10,12,16H,4,8-9,11,13-14H2,(H,20,23)/t16-/m0/s1. The van der Waals surface area contributed by atoms with Gasteiger partial charge in [-0.1, -0.05) is 30.3 Å². The summed E-state index contributed by atoms with van der Waals surface area (Å²) in [5.41, 5.74) is 1.02. The number of amides is 2. The number of hydrogen-bond donors (Lipinski definition) is 1. The molecule has 2 amide bonds. The molecule has 24 heavy (non-hydrogen) atoms. The lowest BCUT2D eigenvalue weighted by atomic mass is 10.1. The first-order chi connectivity index (χ1) is 11.7. The van der Waals surface area contributed by atoms with Crippen molar-refractivity contribution in [1.29, 1.82) is 0 Å². The van der Waals surface area contributed by atoms with Crippen LogP contribution in [0.15, 0.2) is 48.8 Å². The molecule has 1 aliphatic heterocycles. The lowest BCUT2D eigenvalue weighted by Gasteiger charge is -2.25. The quantitative estimate of drug-likeness (QED) is 0.843. The molecule has 1 saturated heterocycles. The van der Waals surface area contributed by atoms with Gasteiger partial charge < -0.3 is 10.2 Å². The first kappa shape index (κ1) is 16.2. The van der Waals surface area contributed by atoms with E-state index < -0.39 is 0 Å². The van der Waals surface area contributed by atoms with Crippen LogP contribution in [-0.4, -0.2) is 39.6 Å². The van der Waals surface area contributed by atoms with Gasteiger partial charge in [0.25, 0.3) is 0 Å². The van der Waals surface area contributed by atoms with E-state index in [1.54, 1.807) is 10.9 Å². The van der Waals surface area contributed by atoms with Crippen LogP contribution in [0.25, 0.3) is 0 Å². The molecule has 0 saturated carbocycles. The molecule has 0 unspecified atom stereocenters. The molecule has 6 nitrogen and oxygen atoms in total. The number of likely N-dealkylation sites (tertiary alicyclic amines) is 1. The van der Waals surface area contributed by atoms with Crippen molar-refractivity contribution in [3.63, 3.8) is 0 Å². The number of benzene rings is 1. The monoisotopic (exact) mass is 326 g/mol. The summed E-state index contributed by atoms with van der Waals surface area (Å²) in [6.45, 7) is 1.84. The second kappa shape index (κ2) is 7.77. The number of carbonyl (C=O) groups is 2. The summed E-state index contributed by atoms with van der Waals surface area (Å²) >= 11 is 0. The van der Waals surface area contributed by atoms with E-state index in [0.29, 0.717) is 25.9 Å². The van der Waals surface area contributed by atoms with Crippen LogP contribution in [0.3, 0.4) is 0 Å². The fourth-order valence-electron chi connectivity index (χ4n) is 2.95. The molecule has 2 heterocycles. The van der Waals surface area contributed by atoms with E-state index in [-0.39, 0.29) is 17.9 Å². The Kier molecular flexibility index (Phi) is 5.25. The SMILES string of the molecule is O=C(CCn1cccn1)N[C@@H](CN1CCCC1=O)c1ccccc1. The molecule has 1 aliphatic rings. The van der Waals surface area contributed by atoms with Crippen molar-refractivity contribution >= 4 is 11.8 Å². The normalized spacial score (nSPS) is 15.5. The summed E-state index contributed by atoms with van der Waals surface area (Å²) in [5.74, 6) is 0.132. The summed E-state index contributed by atoms with van der Waals surface area (Å²) < 4.78 is 1.74. The minimum atomic E-state index is -0.182. The summed E-state index contributed by atoms with van der Waals surface area (Å²) in [4.78, 5) is 26.1. The second-order valence-electron chi connectivity index (χ2n) is 5.99. The smallest absolute Gasteiger partial charge is 0.222 e. The Labute approximate surface area is 141 Å². The minimum Gasteiger partial charge on any atom is -0.347 e.